The van der Waals surface area contributed by atoms with Crippen LogP contribution in [0.25, 0.3) is 0 Å². The van der Waals surface area contributed by atoms with E-state index in [4.69, 9.17) is 11.6 Å². The van der Waals surface area contributed by atoms with Crippen molar-refractivity contribution in [2.75, 3.05) is 0 Å². The summed E-state index contributed by atoms with van der Waals surface area (Å²) in [7, 11) is 0. The molecule has 4 nitrogen and oxygen atoms in total. The van der Waals surface area contributed by atoms with E-state index in [2.05, 4.69) is 10.1 Å². The van der Waals surface area contributed by atoms with Crippen molar-refractivity contribution in [3.63, 3.8) is 0 Å². The quantitative estimate of drug-likeness (QED) is 0.903. The van der Waals surface area contributed by atoms with Gasteiger partial charge in [-0.25, -0.2) is 4.98 Å². The number of hydrogen-bond acceptors (Lipinski definition) is 3. The van der Waals surface area contributed by atoms with Crippen LogP contribution in [0.2, 0.25) is 5.02 Å². The Morgan fingerprint density at radius 3 is 2.78 bits per heavy atom. The van der Waals surface area contributed by atoms with Gasteiger partial charge in [-0.1, -0.05) is 36.7 Å². The predicted octanol–water partition coefficient (Wildman–Crippen LogP) is 2.32. The maximum Gasteiger partial charge on any atom is 0.137 e. The predicted molar refractivity (Wildman–Crippen MR) is 70.4 cm³/mol. The lowest BCUT2D eigenvalue weighted by Gasteiger charge is -2.27. The Kier molecular flexibility index (Phi) is 3.99. The van der Waals surface area contributed by atoms with Crippen LogP contribution in [0.15, 0.2) is 36.9 Å². The molecule has 96 valence electrons. The SMILES string of the molecule is CCC(O)(Cc1ccccc1Cl)Cn1cncn1. The second-order valence-electron chi connectivity index (χ2n) is 4.44. The molecular weight excluding hydrogens is 250 g/mol. The van der Waals surface area contributed by atoms with Gasteiger partial charge in [-0.15, -0.1) is 0 Å². The molecule has 1 unspecified atom stereocenters. The van der Waals surface area contributed by atoms with Crippen molar-refractivity contribution < 1.29 is 5.11 Å². The summed E-state index contributed by atoms with van der Waals surface area (Å²) in [6.45, 7) is 2.36. The number of rotatable bonds is 5. The first-order valence-electron chi connectivity index (χ1n) is 5.91. The maximum atomic E-state index is 10.6. The first-order chi connectivity index (χ1) is 8.63. The first kappa shape index (κ1) is 13.1. The fourth-order valence-corrected chi connectivity index (χ4v) is 2.11. The zero-order valence-electron chi connectivity index (χ0n) is 10.3. The zero-order valence-corrected chi connectivity index (χ0v) is 11.0. The highest BCUT2D eigenvalue weighted by Gasteiger charge is 2.27. The number of aromatic nitrogens is 3. The molecule has 0 aliphatic carbocycles. The van der Waals surface area contributed by atoms with Crippen LogP contribution in [0, 0.1) is 0 Å². The van der Waals surface area contributed by atoms with E-state index in [-0.39, 0.29) is 0 Å². The van der Waals surface area contributed by atoms with Gasteiger partial charge in [-0.3, -0.25) is 4.68 Å². The summed E-state index contributed by atoms with van der Waals surface area (Å²) < 4.78 is 1.64. The summed E-state index contributed by atoms with van der Waals surface area (Å²) in [6, 6.07) is 7.58. The van der Waals surface area contributed by atoms with Crippen LogP contribution in [0.3, 0.4) is 0 Å². The molecule has 5 heteroatoms. The summed E-state index contributed by atoms with van der Waals surface area (Å²) in [4.78, 5) is 3.88. The molecular formula is C13H16ClN3O. The lowest BCUT2D eigenvalue weighted by atomic mass is 9.92. The molecule has 2 rings (SSSR count). The number of hydrogen-bond donors (Lipinski definition) is 1. The molecule has 1 aromatic carbocycles. The minimum atomic E-state index is -0.862. The molecule has 1 heterocycles. The van der Waals surface area contributed by atoms with Crippen LogP contribution < -0.4 is 0 Å². The Hall–Kier alpha value is -1.39. The second kappa shape index (κ2) is 5.50. The Bertz CT molecular complexity index is 501. The van der Waals surface area contributed by atoms with E-state index in [0.717, 1.165) is 5.56 Å². The van der Waals surface area contributed by atoms with Gasteiger partial charge in [-0.05, 0) is 18.1 Å². The monoisotopic (exact) mass is 265 g/mol. The molecule has 0 spiro atoms. The third kappa shape index (κ3) is 3.09. The van der Waals surface area contributed by atoms with E-state index in [1.807, 2.05) is 31.2 Å². The van der Waals surface area contributed by atoms with Crippen LogP contribution in [-0.4, -0.2) is 25.5 Å². The van der Waals surface area contributed by atoms with E-state index in [1.54, 1.807) is 11.0 Å². The Labute approximate surface area is 111 Å². The van der Waals surface area contributed by atoms with Gasteiger partial charge in [0.1, 0.15) is 12.7 Å². The van der Waals surface area contributed by atoms with Crippen LogP contribution in [0.4, 0.5) is 0 Å². The van der Waals surface area contributed by atoms with E-state index in [1.165, 1.54) is 6.33 Å². The molecule has 0 saturated heterocycles. The smallest absolute Gasteiger partial charge is 0.137 e. The molecule has 0 bridgehead atoms. The van der Waals surface area contributed by atoms with E-state index >= 15 is 0 Å². The van der Waals surface area contributed by atoms with Gasteiger partial charge in [0, 0.05) is 11.4 Å². The van der Waals surface area contributed by atoms with Crippen molar-refractivity contribution in [1.82, 2.24) is 14.8 Å². The molecule has 0 fully saturated rings. The molecule has 1 aromatic heterocycles. The van der Waals surface area contributed by atoms with Gasteiger partial charge in [0.2, 0.25) is 0 Å². The van der Waals surface area contributed by atoms with Crippen molar-refractivity contribution in [1.29, 1.82) is 0 Å². The molecule has 1 atom stereocenters. The lowest BCUT2D eigenvalue weighted by Crippen LogP contribution is -2.36. The lowest BCUT2D eigenvalue weighted by molar-refractivity contribution is 0.0158. The minimum Gasteiger partial charge on any atom is -0.388 e. The first-order valence-corrected chi connectivity index (χ1v) is 6.29. The Morgan fingerprint density at radius 1 is 1.39 bits per heavy atom. The molecule has 0 aliphatic rings. The maximum absolute atomic E-state index is 10.6. The third-order valence-corrected chi connectivity index (χ3v) is 3.43. The largest absolute Gasteiger partial charge is 0.388 e. The average Bonchev–Trinajstić information content (AvgIpc) is 2.85. The third-order valence-electron chi connectivity index (χ3n) is 3.06. The molecule has 2 aromatic rings. The number of aliphatic hydroxyl groups is 1. The highest BCUT2D eigenvalue weighted by atomic mass is 35.5. The minimum absolute atomic E-state index is 0.411. The fraction of sp³-hybridized carbons (Fsp3) is 0.385. The van der Waals surface area contributed by atoms with Crippen LogP contribution in [-0.2, 0) is 13.0 Å². The molecule has 18 heavy (non-hydrogen) atoms. The van der Waals surface area contributed by atoms with Crippen molar-refractivity contribution in [3.8, 4) is 0 Å². The molecule has 0 aliphatic heterocycles. The van der Waals surface area contributed by atoms with Gasteiger partial charge in [0.05, 0.1) is 12.1 Å². The number of nitrogens with zero attached hydrogens (tertiary/aromatic N) is 3. The summed E-state index contributed by atoms with van der Waals surface area (Å²) in [5.41, 5.74) is 0.0854. The van der Waals surface area contributed by atoms with Gasteiger partial charge < -0.3 is 5.11 Å². The van der Waals surface area contributed by atoms with E-state index in [0.29, 0.717) is 24.4 Å². The van der Waals surface area contributed by atoms with Crippen molar-refractivity contribution >= 4 is 11.6 Å². The number of benzene rings is 1. The fourth-order valence-electron chi connectivity index (χ4n) is 1.90. The van der Waals surface area contributed by atoms with Crippen molar-refractivity contribution in [2.24, 2.45) is 0 Å². The normalized spacial score (nSPS) is 14.4. The van der Waals surface area contributed by atoms with E-state index < -0.39 is 5.60 Å². The highest BCUT2D eigenvalue weighted by Crippen LogP contribution is 2.24. The summed E-state index contributed by atoms with van der Waals surface area (Å²) in [5.74, 6) is 0. The van der Waals surface area contributed by atoms with Gasteiger partial charge >= 0.3 is 0 Å². The van der Waals surface area contributed by atoms with Crippen molar-refractivity contribution in [3.05, 3.63) is 47.5 Å². The topological polar surface area (TPSA) is 50.9 Å². The molecule has 0 amide bonds. The highest BCUT2D eigenvalue weighted by molar-refractivity contribution is 6.31. The second-order valence-corrected chi connectivity index (χ2v) is 4.85. The summed E-state index contributed by atoms with van der Waals surface area (Å²) in [6.07, 6.45) is 4.19. The van der Waals surface area contributed by atoms with Gasteiger partial charge in [0.15, 0.2) is 0 Å². The van der Waals surface area contributed by atoms with Crippen molar-refractivity contribution in [2.45, 2.75) is 31.9 Å². The summed E-state index contributed by atoms with van der Waals surface area (Å²) in [5, 5.41) is 15.3. The molecule has 1 N–H and O–H groups in total. The van der Waals surface area contributed by atoms with E-state index in [9.17, 15) is 5.11 Å². The Balaban J connectivity index is 2.15. The number of halogens is 1. The van der Waals surface area contributed by atoms with Gasteiger partial charge in [-0.2, -0.15) is 5.10 Å². The van der Waals surface area contributed by atoms with Crippen LogP contribution in [0.5, 0.6) is 0 Å². The summed E-state index contributed by atoms with van der Waals surface area (Å²) >= 11 is 6.12. The molecule has 0 saturated carbocycles. The average molecular weight is 266 g/mol. The van der Waals surface area contributed by atoms with Gasteiger partial charge in [0.25, 0.3) is 0 Å². The molecule has 0 radical (unpaired) electrons. The van der Waals surface area contributed by atoms with Crippen LogP contribution >= 0.6 is 11.6 Å². The standard InChI is InChI=1S/C13H16ClN3O/c1-2-13(18,8-17-10-15-9-16-17)7-11-5-3-4-6-12(11)14/h3-6,9-10,18H,2,7-8H2,1H3. The Morgan fingerprint density at radius 2 is 2.17 bits per heavy atom. The zero-order chi connectivity index (χ0) is 13.0. The van der Waals surface area contributed by atoms with Crippen LogP contribution in [0.1, 0.15) is 18.9 Å².